The minimum atomic E-state index is -3.10. The molecule has 0 saturated heterocycles. The van der Waals surface area contributed by atoms with E-state index in [0.29, 0.717) is 19.1 Å². The van der Waals surface area contributed by atoms with E-state index in [2.05, 4.69) is 11.1 Å². The average molecular weight is 373 g/mol. The predicted molar refractivity (Wildman–Crippen MR) is 103 cm³/mol. The molecule has 2 aromatic carbocycles. The number of hydrogen-bond acceptors (Lipinski definition) is 5. The molecule has 0 fully saturated rings. The van der Waals surface area contributed by atoms with Gasteiger partial charge in [-0.15, -0.1) is 0 Å². The van der Waals surface area contributed by atoms with Gasteiger partial charge in [0.15, 0.2) is 5.58 Å². The second kappa shape index (κ2) is 7.75. The lowest BCUT2D eigenvalue weighted by molar-refractivity contribution is 0.219. The summed E-state index contributed by atoms with van der Waals surface area (Å²) in [6.45, 7) is 8.41. The summed E-state index contributed by atoms with van der Waals surface area (Å²) in [7, 11) is -3.10. The highest BCUT2D eigenvalue weighted by Crippen LogP contribution is 2.51. The van der Waals surface area contributed by atoms with Gasteiger partial charge in [0.25, 0.3) is 0 Å². The molecule has 0 unspecified atom stereocenters. The van der Waals surface area contributed by atoms with Gasteiger partial charge in [-0.3, -0.25) is 4.57 Å². The van der Waals surface area contributed by atoms with Crippen LogP contribution < -0.4 is 0 Å². The van der Waals surface area contributed by atoms with Gasteiger partial charge < -0.3 is 13.5 Å². The van der Waals surface area contributed by atoms with Crippen molar-refractivity contribution < 1.29 is 18.0 Å². The SMILES string of the molecule is CCOP(=O)(Cc1ccc(-c2nc3cc(C)cc(C)c3o2)cc1)OCC. The van der Waals surface area contributed by atoms with E-state index in [1.165, 1.54) is 0 Å². The summed E-state index contributed by atoms with van der Waals surface area (Å²) in [5.41, 5.74) is 5.68. The van der Waals surface area contributed by atoms with Crippen molar-refractivity contribution in [2.24, 2.45) is 0 Å². The lowest BCUT2D eigenvalue weighted by atomic mass is 10.1. The van der Waals surface area contributed by atoms with Crippen molar-refractivity contribution in [3.63, 3.8) is 0 Å². The van der Waals surface area contributed by atoms with Crippen LogP contribution in [0.5, 0.6) is 0 Å². The summed E-state index contributed by atoms with van der Waals surface area (Å²) < 4.78 is 29.3. The summed E-state index contributed by atoms with van der Waals surface area (Å²) in [5.74, 6) is 0.582. The summed E-state index contributed by atoms with van der Waals surface area (Å²) in [6.07, 6.45) is 0.251. The molecule has 1 aromatic heterocycles. The summed E-state index contributed by atoms with van der Waals surface area (Å²) >= 11 is 0. The Morgan fingerprint density at radius 3 is 2.31 bits per heavy atom. The lowest BCUT2D eigenvalue weighted by Gasteiger charge is -2.16. The molecule has 0 N–H and O–H groups in total. The van der Waals surface area contributed by atoms with Crippen molar-refractivity contribution >= 4 is 18.7 Å². The van der Waals surface area contributed by atoms with E-state index in [1.54, 1.807) is 0 Å². The molecule has 138 valence electrons. The first-order valence-corrected chi connectivity index (χ1v) is 10.5. The fourth-order valence-corrected chi connectivity index (χ4v) is 4.70. The molecule has 0 amide bonds. The Morgan fingerprint density at radius 1 is 1.04 bits per heavy atom. The number of oxazole rings is 1. The van der Waals surface area contributed by atoms with Crippen LogP contribution in [0.4, 0.5) is 0 Å². The molecule has 0 radical (unpaired) electrons. The predicted octanol–water partition coefficient (Wildman–Crippen LogP) is 5.88. The molecule has 6 heteroatoms. The van der Waals surface area contributed by atoms with Crippen LogP contribution in [0.3, 0.4) is 0 Å². The van der Waals surface area contributed by atoms with E-state index < -0.39 is 7.60 Å². The highest BCUT2D eigenvalue weighted by Gasteiger charge is 2.24. The number of benzene rings is 2. The number of aromatic nitrogens is 1. The highest BCUT2D eigenvalue weighted by molar-refractivity contribution is 7.53. The Bertz CT molecular complexity index is 936. The molecule has 26 heavy (non-hydrogen) atoms. The average Bonchev–Trinajstić information content (AvgIpc) is 3.00. The van der Waals surface area contributed by atoms with Crippen LogP contribution in [0.1, 0.15) is 30.5 Å². The zero-order valence-electron chi connectivity index (χ0n) is 15.6. The number of hydrogen-bond donors (Lipinski definition) is 0. The summed E-state index contributed by atoms with van der Waals surface area (Å²) in [6, 6.07) is 11.8. The lowest BCUT2D eigenvalue weighted by Crippen LogP contribution is -1.99. The maximum Gasteiger partial charge on any atom is 0.335 e. The maximum atomic E-state index is 12.6. The highest BCUT2D eigenvalue weighted by atomic mass is 31.2. The van der Waals surface area contributed by atoms with Gasteiger partial charge in [-0.05, 0) is 62.6 Å². The van der Waals surface area contributed by atoms with E-state index in [4.69, 9.17) is 13.5 Å². The van der Waals surface area contributed by atoms with E-state index >= 15 is 0 Å². The first kappa shape index (κ1) is 18.8. The molecule has 0 atom stereocenters. The quantitative estimate of drug-likeness (QED) is 0.484. The van der Waals surface area contributed by atoms with E-state index in [-0.39, 0.29) is 6.16 Å². The van der Waals surface area contributed by atoms with Crippen LogP contribution in [-0.4, -0.2) is 18.2 Å². The monoisotopic (exact) mass is 373 g/mol. The number of rotatable bonds is 7. The van der Waals surface area contributed by atoms with Crippen LogP contribution in [0, 0.1) is 13.8 Å². The molecule has 0 bridgehead atoms. The first-order chi connectivity index (χ1) is 12.4. The van der Waals surface area contributed by atoms with Gasteiger partial charge in [-0.1, -0.05) is 18.2 Å². The Kier molecular flexibility index (Phi) is 5.61. The minimum absolute atomic E-state index is 0.251. The molecule has 1 heterocycles. The third-order valence-electron chi connectivity index (χ3n) is 4.05. The van der Waals surface area contributed by atoms with Crippen LogP contribution >= 0.6 is 7.60 Å². The van der Waals surface area contributed by atoms with Gasteiger partial charge in [0.05, 0.1) is 19.4 Å². The molecule has 0 spiro atoms. The number of aryl methyl sites for hydroxylation is 2. The first-order valence-electron chi connectivity index (χ1n) is 8.79. The van der Waals surface area contributed by atoms with Gasteiger partial charge >= 0.3 is 7.60 Å². The van der Waals surface area contributed by atoms with Crippen LogP contribution in [0.25, 0.3) is 22.6 Å². The van der Waals surface area contributed by atoms with Crippen LogP contribution in [-0.2, 0) is 19.8 Å². The molecular weight excluding hydrogens is 349 g/mol. The maximum absolute atomic E-state index is 12.6. The van der Waals surface area contributed by atoms with Crippen molar-refractivity contribution in [3.8, 4) is 11.5 Å². The molecular formula is C20H24NO4P. The minimum Gasteiger partial charge on any atom is -0.436 e. The Hall–Kier alpha value is -1.94. The molecule has 5 nitrogen and oxygen atoms in total. The van der Waals surface area contributed by atoms with Crippen molar-refractivity contribution in [3.05, 3.63) is 53.1 Å². The van der Waals surface area contributed by atoms with Gasteiger partial charge in [0.1, 0.15) is 5.52 Å². The fourth-order valence-electron chi connectivity index (χ4n) is 3.00. The number of fused-ring (bicyclic) bond motifs is 1. The topological polar surface area (TPSA) is 61.6 Å². The van der Waals surface area contributed by atoms with Crippen LogP contribution in [0.2, 0.25) is 0 Å². The summed E-state index contributed by atoms with van der Waals surface area (Å²) in [5, 5.41) is 0. The number of nitrogens with zero attached hydrogens (tertiary/aromatic N) is 1. The zero-order valence-corrected chi connectivity index (χ0v) is 16.5. The zero-order chi connectivity index (χ0) is 18.7. The van der Waals surface area contributed by atoms with Crippen molar-refractivity contribution in [2.45, 2.75) is 33.9 Å². The third kappa shape index (κ3) is 4.07. The fraction of sp³-hybridized carbons (Fsp3) is 0.350. The molecule has 0 aliphatic rings. The summed E-state index contributed by atoms with van der Waals surface area (Å²) in [4.78, 5) is 4.60. The van der Waals surface area contributed by atoms with E-state index in [1.807, 2.05) is 58.0 Å². The normalized spacial score (nSPS) is 12.0. The Labute approximate surface area is 153 Å². The van der Waals surface area contributed by atoms with Crippen molar-refractivity contribution in [1.82, 2.24) is 4.98 Å². The smallest absolute Gasteiger partial charge is 0.335 e. The van der Waals surface area contributed by atoms with Gasteiger partial charge in [-0.2, -0.15) is 0 Å². The molecule has 0 aliphatic carbocycles. The van der Waals surface area contributed by atoms with Gasteiger partial charge in [0, 0.05) is 5.56 Å². The molecule has 3 rings (SSSR count). The largest absolute Gasteiger partial charge is 0.436 e. The Balaban J connectivity index is 1.85. The second-order valence-electron chi connectivity index (χ2n) is 6.25. The van der Waals surface area contributed by atoms with Crippen molar-refractivity contribution in [2.75, 3.05) is 13.2 Å². The van der Waals surface area contributed by atoms with Gasteiger partial charge in [-0.25, -0.2) is 4.98 Å². The second-order valence-corrected chi connectivity index (χ2v) is 8.31. The standard InChI is InChI=1S/C20H24NO4P/c1-5-23-26(22,24-6-2)13-16-7-9-17(10-8-16)20-21-18-12-14(3)11-15(4)19(18)25-20/h7-12H,5-6,13H2,1-4H3. The van der Waals surface area contributed by atoms with Gasteiger partial charge in [0.2, 0.25) is 5.89 Å². The van der Waals surface area contributed by atoms with E-state index in [0.717, 1.165) is 33.4 Å². The van der Waals surface area contributed by atoms with Crippen molar-refractivity contribution in [1.29, 1.82) is 0 Å². The van der Waals surface area contributed by atoms with E-state index in [9.17, 15) is 4.57 Å². The van der Waals surface area contributed by atoms with Crippen LogP contribution in [0.15, 0.2) is 40.8 Å². The Morgan fingerprint density at radius 2 is 1.69 bits per heavy atom. The molecule has 0 saturated carbocycles. The molecule has 3 aromatic rings. The third-order valence-corrected chi connectivity index (χ3v) is 6.10. The molecule has 0 aliphatic heterocycles.